The summed E-state index contributed by atoms with van der Waals surface area (Å²) in [7, 11) is 10.1. The van der Waals surface area contributed by atoms with Gasteiger partial charge < -0.3 is 29.1 Å². The van der Waals surface area contributed by atoms with Crippen molar-refractivity contribution in [3.05, 3.63) is 47.3 Å². The molecule has 1 saturated heterocycles. The zero-order chi connectivity index (χ0) is 24.1. The lowest BCUT2D eigenvalue weighted by Gasteiger charge is -2.44. The number of nitrogens with zero attached hydrogens (tertiary/aromatic N) is 4. The van der Waals surface area contributed by atoms with Gasteiger partial charge in [-0.05, 0) is 45.3 Å². The summed E-state index contributed by atoms with van der Waals surface area (Å²) in [6.07, 6.45) is 4.01. The fraction of sp³-hybridized carbons (Fsp3) is 0.593. The molecule has 1 aliphatic carbocycles. The Bertz CT molecular complexity index is 1110. The third kappa shape index (κ3) is 3.65. The number of likely N-dealkylation sites (tertiary alicyclic amines) is 1. The average molecular weight is 467 g/mol. The minimum Gasteiger partial charge on any atom is -0.387 e. The highest BCUT2D eigenvalue weighted by molar-refractivity contribution is 5.95. The van der Waals surface area contributed by atoms with Crippen LogP contribution in [-0.4, -0.2) is 84.3 Å². The third-order valence-electron chi connectivity index (χ3n) is 8.20. The maximum Gasteiger partial charge on any atom is 0.251 e. The van der Waals surface area contributed by atoms with Gasteiger partial charge in [0.15, 0.2) is 0 Å². The fourth-order valence-corrected chi connectivity index (χ4v) is 6.87. The van der Waals surface area contributed by atoms with Crippen LogP contribution in [0.2, 0.25) is 0 Å². The monoisotopic (exact) mass is 466 g/mol. The largest absolute Gasteiger partial charge is 0.387 e. The quantitative estimate of drug-likeness (QED) is 0.734. The zero-order valence-electron chi connectivity index (χ0n) is 21.1. The van der Waals surface area contributed by atoms with Gasteiger partial charge in [0.1, 0.15) is 0 Å². The first-order chi connectivity index (χ1) is 16.3. The second kappa shape index (κ2) is 9.02. The standard InChI is InChI=1S/C27H38N4O3/c1-28(2)14-20-19-13-23(32)26-24(18-10-6-7-11-22(18)30(26)4)25(20)29(3)15-21(19)27(33)31-12-8-9-17(31)16-34-5/h6-7,10-11,15,17,19-20,23,25,32H,8-9,12-14,16H2,1-5H3/t17-,19+,20+,23-,25+/m0/s1. The van der Waals surface area contributed by atoms with Gasteiger partial charge in [-0.3, -0.25) is 4.79 Å². The lowest BCUT2D eigenvalue weighted by Crippen LogP contribution is -2.47. The van der Waals surface area contributed by atoms with E-state index in [-0.39, 0.29) is 29.8 Å². The van der Waals surface area contributed by atoms with Crippen molar-refractivity contribution in [3.63, 3.8) is 0 Å². The third-order valence-corrected chi connectivity index (χ3v) is 8.20. The molecule has 7 nitrogen and oxygen atoms in total. The van der Waals surface area contributed by atoms with Gasteiger partial charge in [-0.1, -0.05) is 18.2 Å². The lowest BCUT2D eigenvalue weighted by molar-refractivity contribution is -0.130. The van der Waals surface area contributed by atoms with E-state index in [0.29, 0.717) is 13.0 Å². The number of benzene rings is 1. The van der Waals surface area contributed by atoms with Crippen LogP contribution in [-0.2, 0) is 16.6 Å². The van der Waals surface area contributed by atoms with Crippen LogP contribution in [0.3, 0.4) is 0 Å². The van der Waals surface area contributed by atoms with Crippen LogP contribution < -0.4 is 0 Å². The van der Waals surface area contributed by atoms with E-state index in [9.17, 15) is 9.90 Å². The highest BCUT2D eigenvalue weighted by atomic mass is 16.5. The van der Waals surface area contributed by atoms with E-state index in [1.54, 1.807) is 7.11 Å². The van der Waals surface area contributed by atoms with Crippen molar-refractivity contribution in [2.45, 2.75) is 37.5 Å². The van der Waals surface area contributed by atoms with Crippen molar-refractivity contribution in [1.82, 2.24) is 19.3 Å². The number of aryl methyl sites for hydroxylation is 1. The number of carbonyl (C=O) groups is 1. The van der Waals surface area contributed by atoms with E-state index in [4.69, 9.17) is 4.74 Å². The summed E-state index contributed by atoms with van der Waals surface area (Å²) < 4.78 is 7.58. The van der Waals surface area contributed by atoms with Crippen LogP contribution in [0.5, 0.6) is 0 Å². The van der Waals surface area contributed by atoms with Crippen LogP contribution in [0.4, 0.5) is 0 Å². The van der Waals surface area contributed by atoms with Crippen molar-refractivity contribution in [1.29, 1.82) is 0 Å². The zero-order valence-corrected chi connectivity index (χ0v) is 21.1. The summed E-state index contributed by atoms with van der Waals surface area (Å²) in [6, 6.07) is 8.66. The second-order valence-corrected chi connectivity index (χ2v) is 10.6. The van der Waals surface area contributed by atoms with Gasteiger partial charge in [0, 0.05) is 68.5 Å². The number of fused-ring (bicyclic) bond motifs is 6. The number of rotatable bonds is 5. The number of para-hydroxylation sites is 1. The maximum absolute atomic E-state index is 13.9. The molecule has 0 saturated carbocycles. The van der Waals surface area contributed by atoms with Gasteiger partial charge >= 0.3 is 0 Å². The second-order valence-electron chi connectivity index (χ2n) is 10.6. The van der Waals surface area contributed by atoms with Gasteiger partial charge in [-0.2, -0.15) is 0 Å². The molecule has 0 unspecified atom stereocenters. The number of amides is 1. The van der Waals surface area contributed by atoms with Crippen LogP contribution >= 0.6 is 0 Å². The van der Waals surface area contributed by atoms with E-state index < -0.39 is 6.10 Å². The Morgan fingerprint density at radius 2 is 2.00 bits per heavy atom. The summed E-state index contributed by atoms with van der Waals surface area (Å²) in [5, 5.41) is 12.8. The van der Waals surface area contributed by atoms with E-state index in [0.717, 1.165) is 42.7 Å². The molecule has 3 aliphatic rings. The first-order valence-electron chi connectivity index (χ1n) is 12.5. The van der Waals surface area contributed by atoms with Crippen LogP contribution in [0.15, 0.2) is 36.0 Å². The number of ether oxygens (including phenoxy) is 1. The molecule has 1 aromatic carbocycles. The predicted octanol–water partition coefficient (Wildman–Crippen LogP) is 2.92. The molecular formula is C27H38N4O3. The number of hydrogen-bond acceptors (Lipinski definition) is 5. The summed E-state index contributed by atoms with van der Waals surface area (Å²) in [5.41, 5.74) is 4.19. The number of aromatic nitrogens is 1. The lowest BCUT2D eigenvalue weighted by atomic mass is 9.74. The number of hydrogen-bond donors (Lipinski definition) is 1. The number of aliphatic hydroxyl groups is 1. The summed E-state index contributed by atoms with van der Waals surface area (Å²) >= 11 is 0. The van der Waals surface area contributed by atoms with Crippen LogP contribution in [0.25, 0.3) is 10.9 Å². The molecule has 1 fully saturated rings. The molecule has 1 aromatic heterocycles. The van der Waals surface area contributed by atoms with Crippen LogP contribution in [0, 0.1) is 11.8 Å². The molecule has 1 amide bonds. The molecule has 3 heterocycles. The Balaban J connectivity index is 1.63. The van der Waals surface area contributed by atoms with E-state index in [2.05, 4.69) is 73.0 Å². The molecule has 2 aliphatic heterocycles. The normalized spacial score (nSPS) is 28.9. The number of aliphatic hydroxyl groups excluding tert-OH is 1. The Morgan fingerprint density at radius 1 is 1.24 bits per heavy atom. The minimum atomic E-state index is -0.622. The molecule has 0 radical (unpaired) electrons. The molecule has 0 spiro atoms. The van der Waals surface area contributed by atoms with E-state index >= 15 is 0 Å². The SMILES string of the molecule is COC[C@@H]1CCCN1C(=O)C1=CN(C)[C@H]2c3c(n(C)c4ccccc34)[C@@H](O)C[C@@H]1[C@H]2CN(C)C. The molecule has 184 valence electrons. The Kier molecular flexibility index (Phi) is 6.21. The molecular weight excluding hydrogens is 428 g/mol. The summed E-state index contributed by atoms with van der Waals surface area (Å²) in [4.78, 5) is 20.4. The van der Waals surface area contributed by atoms with Gasteiger partial charge in [-0.25, -0.2) is 0 Å². The minimum absolute atomic E-state index is 0.0129. The topological polar surface area (TPSA) is 61.2 Å². The van der Waals surface area contributed by atoms with Crippen LogP contribution in [0.1, 0.15) is 42.7 Å². The smallest absolute Gasteiger partial charge is 0.251 e. The van der Waals surface area contributed by atoms with Crippen molar-refractivity contribution in [3.8, 4) is 0 Å². The number of methoxy groups -OCH3 is 1. The first-order valence-corrected chi connectivity index (χ1v) is 12.5. The van der Waals surface area contributed by atoms with Crippen molar-refractivity contribution in [2.24, 2.45) is 18.9 Å². The van der Waals surface area contributed by atoms with E-state index in [1.807, 2.05) is 4.90 Å². The van der Waals surface area contributed by atoms with Gasteiger partial charge in [0.25, 0.3) is 5.91 Å². The summed E-state index contributed by atoms with van der Waals surface area (Å²) in [5.74, 6) is 0.289. The maximum atomic E-state index is 13.9. The number of carbonyl (C=O) groups excluding carboxylic acids is 1. The highest BCUT2D eigenvalue weighted by Crippen LogP contribution is 2.52. The highest BCUT2D eigenvalue weighted by Gasteiger charge is 2.48. The molecule has 7 heteroatoms. The fourth-order valence-electron chi connectivity index (χ4n) is 6.87. The van der Waals surface area contributed by atoms with Crippen molar-refractivity contribution >= 4 is 16.8 Å². The molecule has 2 aromatic rings. The molecule has 2 bridgehead atoms. The molecule has 34 heavy (non-hydrogen) atoms. The predicted molar refractivity (Wildman–Crippen MR) is 133 cm³/mol. The first kappa shape index (κ1) is 23.4. The average Bonchev–Trinajstić information content (AvgIpc) is 3.35. The van der Waals surface area contributed by atoms with Crippen molar-refractivity contribution < 1.29 is 14.6 Å². The summed E-state index contributed by atoms with van der Waals surface area (Å²) in [6.45, 7) is 2.19. The van der Waals surface area contributed by atoms with Crippen molar-refractivity contribution in [2.75, 3.05) is 47.9 Å². The Morgan fingerprint density at radius 3 is 2.74 bits per heavy atom. The molecule has 1 N–H and O–H groups in total. The van der Waals surface area contributed by atoms with Gasteiger partial charge in [0.05, 0.1) is 30.5 Å². The molecule has 5 atom stereocenters. The van der Waals surface area contributed by atoms with Gasteiger partial charge in [-0.15, -0.1) is 0 Å². The molecule has 5 rings (SSSR count). The van der Waals surface area contributed by atoms with E-state index in [1.165, 1.54) is 10.9 Å². The Labute approximate surface area is 202 Å². The Hall–Kier alpha value is -2.35. The van der Waals surface area contributed by atoms with Gasteiger partial charge in [0.2, 0.25) is 0 Å².